The van der Waals surface area contributed by atoms with E-state index >= 15 is 0 Å². The van der Waals surface area contributed by atoms with Gasteiger partial charge in [-0.3, -0.25) is 4.79 Å². The molecule has 158 valence electrons. The summed E-state index contributed by atoms with van der Waals surface area (Å²) < 4.78 is 6.74. The molecule has 3 atom stereocenters. The number of pyridine rings is 1. The smallest absolute Gasteiger partial charge is 0.358 e. The molecule has 0 N–H and O–H groups in total. The molecule has 2 bridgehead atoms. The van der Waals surface area contributed by atoms with Gasteiger partial charge in [-0.2, -0.15) is 0 Å². The van der Waals surface area contributed by atoms with Gasteiger partial charge in [-0.15, -0.1) is 0 Å². The van der Waals surface area contributed by atoms with E-state index in [0.29, 0.717) is 5.92 Å². The third kappa shape index (κ3) is 3.60. The van der Waals surface area contributed by atoms with Crippen LogP contribution in [-0.2, 0) is 11.2 Å². The summed E-state index contributed by atoms with van der Waals surface area (Å²) in [6, 6.07) is 16.0. The number of anilines is 1. The Kier molecular flexibility index (Phi) is 5.02. The maximum atomic E-state index is 12.9. The minimum absolute atomic E-state index is 0.0730. The lowest BCUT2D eigenvalue weighted by Gasteiger charge is -2.47. The first-order chi connectivity index (χ1) is 15.1. The predicted octanol–water partition coefficient (Wildman–Crippen LogP) is 2.83. The molecule has 2 aliphatic rings. The summed E-state index contributed by atoms with van der Waals surface area (Å²) in [4.78, 5) is 35.5. The highest BCUT2D eigenvalue weighted by molar-refractivity contribution is 5.86. The van der Waals surface area contributed by atoms with Gasteiger partial charge in [-0.25, -0.2) is 14.8 Å². The van der Waals surface area contributed by atoms with Crippen molar-refractivity contribution < 1.29 is 9.53 Å². The Morgan fingerprint density at radius 3 is 2.65 bits per heavy atom. The number of fused-ring (bicyclic) bond motifs is 4. The summed E-state index contributed by atoms with van der Waals surface area (Å²) >= 11 is 0. The van der Waals surface area contributed by atoms with E-state index in [9.17, 15) is 9.59 Å². The molecular formula is C24H24N4O3. The molecule has 31 heavy (non-hydrogen) atoms. The maximum absolute atomic E-state index is 12.9. The van der Waals surface area contributed by atoms with Crippen LogP contribution in [0.2, 0.25) is 0 Å². The van der Waals surface area contributed by atoms with Crippen molar-refractivity contribution in [1.29, 1.82) is 0 Å². The second kappa shape index (κ2) is 7.98. The van der Waals surface area contributed by atoms with E-state index in [4.69, 9.17) is 4.74 Å². The van der Waals surface area contributed by atoms with Crippen LogP contribution in [0.3, 0.4) is 0 Å². The van der Waals surface area contributed by atoms with Gasteiger partial charge in [0.1, 0.15) is 5.82 Å². The number of carbonyl (C=O) groups is 1. The number of carbonyl (C=O) groups excluding carboxylic acids is 1. The molecule has 0 amide bonds. The van der Waals surface area contributed by atoms with Crippen molar-refractivity contribution in [2.75, 3.05) is 25.1 Å². The first kappa shape index (κ1) is 19.5. The molecule has 2 aromatic heterocycles. The van der Waals surface area contributed by atoms with E-state index in [1.807, 2.05) is 28.8 Å². The number of benzene rings is 1. The molecule has 0 saturated carbocycles. The van der Waals surface area contributed by atoms with Gasteiger partial charge in [0.25, 0.3) is 5.56 Å². The van der Waals surface area contributed by atoms with Crippen LogP contribution in [0, 0.1) is 5.92 Å². The Morgan fingerprint density at radius 2 is 1.90 bits per heavy atom. The number of hydrogen-bond donors (Lipinski definition) is 0. The van der Waals surface area contributed by atoms with Crippen molar-refractivity contribution in [1.82, 2.24) is 14.5 Å². The van der Waals surface area contributed by atoms with Gasteiger partial charge in [0, 0.05) is 36.8 Å². The fraction of sp³-hybridized carbons (Fsp3) is 0.333. The van der Waals surface area contributed by atoms with Crippen LogP contribution in [-0.4, -0.2) is 40.7 Å². The SMILES string of the molecule is COC(=O)c1cnc(N2C[C@H]3C[C@@H](C2)[C@H](Cc2ccccc2)n2c3cccc2=O)cn1. The molecule has 1 saturated heterocycles. The normalized spacial score (nSPS) is 22.0. The lowest BCUT2D eigenvalue weighted by molar-refractivity contribution is 0.0593. The second-order valence-electron chi connectivity index (χ2n) is 8.27. The first-order valence-electron chi connectivity index (χ1n) is 10.5. The number of nitrogens with zero attached hydrogens (tertiary/aromatic N) is 4. The van der Waals surface area contributed by atoms with Gasteiger partial charge < -0.3 is 14.2 Å². The van der Waals surface area contributed by atoms with Crippen molar-refractivity contribution in [3.63, 3.8) is 0 Å². The average Bonchev–Trinajstić information content (AvgIpc) is 2.82. The van der Waals surface area contributed by atoms with E-state index in [-0.39, 0.29) is 23.2 Å². The Morgan fingerprint density at radius 1 is 1.06 bits per heavy atom. The highest BCUT2D eigenvalue weighted by Gasteiger charge is 2.40. The van der Waals surface area contributed by atoms with Crippen LogP contribution in [0.25, 0.3) is 0 Å². The summed E-state index contributed by atoms with van der Waals surface area (Å²) in [5.74, 6) is 0.814. The zero-order valence-electron chi connectivity index (χ0n) is 17.3. The highest BCUT2D eigenvalue weighted by atomic mass is 16.5. The van der Waals surface area contributed by atoms with Crippen LogP contribution in [0.15, 0.2) is 65.7 Å². The number of ether oxygens (including phenoxy) is 1. The third-order valence-electron chi connectivity index (χ3n) is 6.44. The van der Waals surface area contributed by atoms with Crippen molar-refractivity contribution >= 4 is 11.8 Å². The molecule has 5 rings (SSSR count). The molecule has 0 aliphatic carbocycles. The Labute approximate surface area is 180 Å². The summed E-state index contributed by atoms with van der Waals surface area (Å²) in [5, 5.41) is 0. The number of piperidine rings is 1. The van der Waals surface area contributed by atoms with Crippen LogP contribution in [0.5, 0.6) is 0 Å². The van der Waals surface area contributed by atoms with Crippen molar-refractivity contribution in [2.24, 2.45) is 5.92 Å². The van der Waals surface area contributed by atoms with E-state index in [2.05, 4.69) is 33.1 Å². The lowest BCUT2D eigenvalue weighted by atomic mass is 9.76. The molecule has 4 heterocycles. The molecule has 3 aromatic rings. The molecule has 0 radical (unpaired) electrons. The molecule has 0 spiro atoms. The van der Waals surface area contributed by atoms with Gasteiger partial charge >= 0.3 is 5.97 Å². The zero-order valence-corrected chi connectivity index (χ0v) is 17.3. The molecule has 1 fully saturated rings. The predicted molar refractivity (Wildman–Crippen MR) is 116 cm³/mol. The fourth-order valence-electron chi connectivity index (χ4n) is 5.04. The number of methoxy groups -OCH3 is 1. The standard InChI is InChI=1S/C24H24N4O3/c1-31-24(30)19-12-26-22(13-25-19)27-14-17-11-18(15-27)21(10-16-6-3-2-4-7-16)28-20(17)8-5-9-23(28)29/h2-9,12-13,17-18,21H,10-11,14-15H2,1H3/t17-,18+,21+/m1/s1. The fourth-order valence-corrected chi connectivity index (χ4v) is 5.04. The van der Waals surface area contributed by atoms with Crippen LogP contribution in [0.4, 0.5) is 5.82 Å². The van der Waals surface area contributed by atoms with Crippen LogP contribution >= 0.6 is 0 Å². The number of esters is 1. The first-order valence-corrected chi connectivity index (χ1v) is 10.5. The maximum Gasteiger partial charge on any atom is 0.358 e. The van der Waals surface area contributed by atoms with Crippen molar-refractivity contribution in [3.05, 3.63) is 88.2 Å². The van der Waals surface area contributed by atoms with E-state index in [1.54, 1.807) is 12.3 Å². The number of rotatable bonds is 4. The van der Waals surface area contributed by atoms with Crippen LogP contribution in [0.1, 0.15) is 40.1 Å². The minimum atomic E-state index is -0.495. The van der Waals surface area contributed by atoms with Gasteiger partial charge in [0.05, 0.1) is 19.5 Å². The molecule has 1 aromatic carbocycles. The zero-order chi connectivity index (χ0) is 21.4. The Bertz CT molecular complexity index is 1140. The molecule has 7 heteroatoms. The van der Waals surface area contributed by atoms with Crippen molar-refractivity contribution in [3.8, 4) is 0 Å². The lowest BCUT2D eigenvalue weighted by Crippen LogP contribution is -2.50. The van der Waals surface area contributed by atoms with E-state index in [1.165, 1.54) is 18.9 Å². The minimum Gasteiger partial charge on any atom is -0.464 e. The highest BCUT2D eigenvalue weighted by Crippen LogP contribution is 2.43. The van der Waals surface area contributed by atoms with Gasteiger partial charge in [0.15, 0.2) is 5.69 Å². The Hall–Kier alpha value is -3.48. The Balaban J connectivity index is 1.49. The van der Waals surface area contributed by atoms with Gasteiger partial charge in [-0.05, 0) is 30.4 Å². The molecule has 0 unspecified atom stereocenters. The second-order valence-corrected chi connectivity index (χ2v) is 8.27. The quantitative estimate of drug-likeness (QED) is 0.609. The van der Waals surface area contributed by atoms with E-state index in [0.717, 1.165) is 37.4 Å². The molecular weight excluding hydrogens is 392 g/mol. The molecule has 7 nitrogen and oxygen atoms in total. The summed E-state index contributed by atoms with van der Waals surface area (Å²) in [5.41, 5.74) is 2.59. The summed E-state index contributed by atoms with van der Waals surface area (Å²) in [6.45, 7) is 1.56. The van der Waals surface area contributed by atoms with E-state index < -0.39 is 5.97 Å². The monoisotopic (exact) mass is 416 g/mol. The van der Waals surface area contributed by atoms with Gasteiger partial charge in [0.2, 0.25) is 0 Å². The molecule has 2 aliphatic heterocycles. The summed E-state index contributed by atoms with van der Waals surface area (Å²) in [7, 11) is 1.33. The average molecular weight is 416 g/mol. The summed E-state index contributed by atoms with van der Waals surface area (Å²) in [6.07, 6.45) is 4.96. The largest absolute Gasteiger partial charge is 0.464 e. The van der Waals surface area contributed by atoms with Gasteiger partial charge in [-0.1, -0.05) is 36.4 Å². The topological polar surface area (TPSA) is 77.3 Å². The third-order valence-corrected chi connectivity index (χ3v) is 6.44. The van der Waals surface area contributed by atoms with Crippen LogP contribution < -0.4 is 10.5 Å². The number of hydrogen-bond acceptors (Lipinski definition) is 6. The number of aromatic nitrogens is 3. The van der Waals surface area contributed by atoms with Crippen molar-refractivity contribution in [2.45, 2.75) is 24.8 Å².